The molecular weight excluding hydrogens is 181 g/mol. The van der Waals surface area contributed by atoms with E-state index in [1.54, 1.807) is 0 Å². The van der Waals surface area contributed by atoms with E-state index in [9.17, 15) is 9.50 Å². The summed E-state index contributed by atoms with van der Waals surface area (Å²) < 4.78 is 13.1. The van der Waals surface area contributed by atoms with Crippen LogP contribution >= 0.6 is 0 Å². The molecule has 0 bridgehead atoms. The fourth-order valence-corrected chi connectivity index (χ4v) is 2.07. The van der Waals surface area contributed by atoms with E-state index in [4.69, 9.17) is 0 Å². The third-order valence-electron chi connectivity index (χ3n) is 2.78. The maximum Gasteiger partial charge on any atom is 0.127 e. The second-order valence-corrected chi connectivity index (χ2v) is 3.66. The monoisotopic (exact) mass is 195 g/mol. The van der Waals surface area contributed by atoms with Crippen molar-refractivity contribution in [3.63, 3.8) is 0 Å². The van der Waals surface area contributed by atoms with Crippen molar-refractivity contribution >= 4 is 0 Å². The van der Waals surface area contributed by atoms with Gasteiger partial charge in [0.05, 0.1) is 0 Å². The van der Waals surface area contributed by atoms with E-state index in [0.717, 1.165) is 30.5 Å². The SMILES string of the molecule is CCC1NCCc2c(O)cc(F)cc21. The number of phenols is 1. The van der Waals surface area contributed by atoms with Gasteiger partial charge in [-0.3, -0.25) is 0 Å². The van der Waals surface area contributed by atoms with Gasteiger partial charge in [-0.1, -0.05) is 6.92 Å². The molecule has 2 rings (SSSR count). The van der Waals surface area contributed by atoms with Gasteiger partial charge < -0.3 is 10.4 Å². The Morgan fingerprint density at radius 2 is 2.36 bits per heavy atom. The van der Waals surface area contributed by atoms with Crippen LogP contribution in [0.1, 0.15) is 30.5 Å². The van der Waals surface area contributed by atoms with Crippen LogP contribution in [0.3, 0.4) is 0 Å². The second kappa shape index (κ2) is 3.58. The number of rotatable bonds is 1. The highest BCUT2D eigenvalue weighted by molar-refractivity contribution is 5.43. The lowest BCUT2D eigenvalue weighted by Gasteiger charge is -2.26. The first kappa shape index (κ1) is 9.46. The van der Waals surface area contributed by atoms with Gasteiger partial charge in [0.25, 0.3) is 0 Å². The maximum absolute atomic E-state index is 13.1. The smallest absolute Gasteiger partial charge is 0.127 e. The Morgan fingerprint density at radius 3 is 3.07 bits per heavy atom. The van der Waals surface area contributed by atoms with Gasteiger partial charge in [0.15, 0.2) is 0 Å². The summed E-state index contributed by atoms with van der Waals surface area (Å²) in [6, 6.07) is 2.90. The molecule has 0 spiro atoms. The van der Waals surface area contributed by atoms with E-state index >= 15 is 0 Å². The summed E-state index contributed by atoms with van der Waals surface area (Å²) in [7, 11) is 0. The van der Waals surface area contributed by atoms with Crippen molar-refractivity contribution < 1.29 is 9.50 Å². The molecule has 1 heterocycles. The van der Waals surface area contributed by atoms with Gasteiger partial charge in [-0.15, -0.1) is 0 Å². The van der Waals surface area contributed by atoms with E-state index in [-0.39, 0.29) is 17.6 Å². The third-order valence-corrected chi connectivity index (χ3v) is 2.78. The zero-order valence-electron chi connectivity index (χ0n) is 8.18. The Kier molecular flexibility index (Phi) is 2.42. The molecule has 1 unspecified atom stereocenters. The zero-order valence-corrected chi connectivity index (χ0v) is 8.18. The van der Waals surface area contributed by atoms with E-state index in [1.165, 1.54) is 12.1 Å². The molecule has 0 fully saturated rings. The largest absolute Gasteiger partial charge is 0.508 e. The lowest BCUT2D eigenvalue weighted by molar-refractivity contribution is 0.435. The number of hydrogen-bond donors (Lipinski definition) is 2. The summed E-state index contributed by atoms with van der Waals surface area (Å²) in [5.74, 6) is -0.261. The van der Waals surface area contributed by atoms with Gasteiger partial charge >= 0.3 is 0 Å². The van der Waals surface area contributed by atoms with Gasteiger partial charge in [0.1, 0.15) is 11.6 Å². The molecule has 0 aliphatic carbocycles. The summed E-state index contributed by atoms with van der Waals surface area (Å²) >= 11 is 0. The third kappa shape index (κ3) is 1.48. The topological polar surface area (TPSA) is 32.3 Å². The summed E-state index contributed by atoms with van der Waals surface area (Å²) in [6.45, 7) is 2.90. The minimum Gasteiger partial charge on any atom is -0.508 e. The van der Waals surface area contributed by atoms with Crippen molar-refractivity contribution in [3.8, 4) is 5.75 Å². The molecule has 14 heavy (non-hydrogen) atoms. The van der Waals surface area contributed by atoms with E-state index in [1.807, 2.05) is 0 Å². The molecule has 76 valence electrons. The molecule has 1 aliphatic rings. The number of benzene rings is 1. The lowest BCUT2D eigenvalue weighted by Crippen LogP contribution is -2.29. The Morgan fingerprint density at radius 1 is 1.57 bits per heavy atom. The van der Waals surface area contributed by atoms with E-state index in [2.05, 4.69) is 12.2 Å². The molecule has 1 aromatic rings. The summed E-state index contributed by atoms with van der Waals surface area (Å²) in [6.07, 6.45) is 1.69. The molecule has 0 saturated heterocycles. The van der Waals surface area contributed by atoms with E-state index in [0.29, 0.717) is 0 Å². The van der Waals surface area contributed by atoms with Crippen LogP contribution in [0, 0.1) is 5.82 Å². The average molecular weight is 195 g/mol. The number of hydrogen-bond acceptors (Lipinski definition) is 2. The minimum absolute atomic E-state index is 0.0972. The molecule has 0 radical (unpaired) electrons. The summed E-state index contributed by atoms with van der Waals surface area (Å²) in [4.78, 5) is 0. The fourth-order valence-electron chi connectivity index (χ4n) is 2.07. The lowest BCUT2D eigenvalue weighted by atomic mass is 9.92. The van der Waals surface area contributed by atoms with Crippen LogP contribution in [0.5, 0.6) is 5.75 Å². The van der Waals surface area contributed by atoms with Gasteiger partial charge in [-0.2, -0.15) is 0 Å². The number of fused-ring (bicyclic) bond motifs is 1. The first-order valence-corrected chi connectivity index (χ1v) is 4.97. The Balaban J connectivity index is 2.51. The number of nitrogens with one attached hydrogen (secondary N) is 1. The Labute approximate surface area is 82.8 Å². The first-order chi connectivity index (χ1) is 6.72. The Bertz CT molecular complexity index is 351. The molecule has 1 atom stereocenters. The molecule has 3 heteroatoms. The normalized spacial score (nSPS) is 20.6. The van der Waals surface area contributed by atoms with Crippen molar-refractivity contribution in [2.75, 3.05) is 6.54 Å². The van der Waals surface area contributed by atoms with Gasteiger partial charge in [-0.05, 0) is 31.0 Å². The number of aromatic hydroxyl groups is 1. The van der Waals surface area contributed by atoms with Gasteiger partial charge in [0, 0.05) is 17.7 Å². The summed E-state index contributed by atoms with van der Waals surface area (Å²) in [5.41, 5.74) is 1.81. The van der Waals surface area contributed by atoms with E-state index < -0.39 is 0 Å². The highest BCUT2D eigenvalue weighted by Gasteiger charge is 2.21. The molecule has 0 amide bonds. The second-order valence-electron chi connectivity index (χ2n) is 3.66. The van der Waals surface area contributed by atoms with Crippen LogP contribution in [0.4, 0.5) is 4.39 Å². The van der Waals surface area contributed by atoms with Crippen molar-refractivity contribution in [1.29, 1.82) is 0 Å². The van der Waals surface area contributed by atoms with Crippen LogP contribution in [0.2, 0.25) is 0 Å². The van der Waals surface area contributed by atoms with Crippen molar-refractivity contribution in [3.05, 3.63) is 29.1 Å². The highest BCUT2D eigenvalue weighted by atomic mass is 19.1. The van der Waals surface area contributed by atoms with Gasteiger partial charge in [0.2, 0.25) is 0 Å². The molecule has 1 aliphatic heterocycles. The summed E-state index contributed by atoms with van der Waals surface area (Å²) in [5, 5.41) is 12.9. The fraction of sp³-hybridized carbons (Fsp3) is 0.455. The molecule has 2 nitrogen and oxygen atoms in total. The Hall–Kier alpha value is -1.09. The minimum atomic E-state index is -0.358. The first-order valence-electron chi connectivity index (χ1n) is 4.97. The molecule has 0 saturated carbocycles. The quantitative estimate of drug-likeness (QED) is 0.719. The van der Waals surface area contributed by atoms with Crippen LogP contribution in [0.25, 0.3) is 0 Å². The van der Waals surface area contributed by atoms with Gasteiger partial charge in [-0.25, -0.2) is 4.39 Å². The van der Waals surface area contributed by atoms with Crippen LogP contribution < -0.4 is 5.32 Å². The number of halogens is 1. The van der Waals surface area contributed by atoms with Crippen molar-refractivity contribution in [1.82, 2.24) is 5.32 Å². The van der Waals surface area contributed by atoms with Crippen molar-refractivity contribution in [2.45, 2.75) is 25.8 Å². The maximum atomic E-state index is 13.1. The molecule has 1 aromatic carbocycles. The zero-order chi connectivity index (χ0) is 10.1. The number of phenolic OH excluding ortho intramolecular Hbond substituents is 1. The predicted octanol–water partition coefficient (Wildman–Crippen LogP) is 2.13. The standard InChI is InChI=1S/C11H14FNO/c1-2-10-9-5-7(12)6-11(14)8(9)3-4-13-10/h5-6,10,13-14H,2-4H2,1H3. The average Bonchev–Trinajstić information content (AvgIpc) is 2.17. The van der Waals surface area contributed by atoms with Crippen molar-refractivity contribution in [2.24, 2.45) is 0 Å². The molecule has 2 N–H and O–H groups in total. The van der Waals surface area contributed by atoms with Crippen LogP contribution in [-0.2, 0) is 6.42 Å². The van der Waals surface area contributed by atoms with Crippen LogP contribution in [0.15, 0.2) is 12.1 Å². The molecular formula is C11H14FNO. The predicted molar refractivity (Wildman–Crippen MR) is 52.8 cm³/mol. The highest BCUT2D eigenvalue weighted by Crippen LogP contribution is 2.32. The molecule has 0 aromatic heterocycles. The van der Waals surface area contributed by atoms with Crippen LogP contribution in [-0.4, -0.2) is 11.7 Å².